The predicted octanol–water partition coefficient (Wildman–Crippen LogP) is 9.91. The van der Waals surface area contributed by atoms with Gasteiger partial charge in [-0.25, -0.2) is 0 Å². The van der Waals surface area contributed by atoms with Crippen molar-refractivity contribution in [2.24, 2.45) is 0 Å². The van der Waals surface area contributed by atoms with E-state index in [-0.39, 0.29) is 19.4 Å². The lowest BCUT2D eigenvalue weighted by Gasteiger charge is -2.30. The number of hydrogen-bond acceptors (Lipinski definition) is 8. The highest BCUT2D eigenvalue weighted by Crippen LogP contribution is 2.25. The van der Waals surface area contributed by atoms with Gasteiger partial charge in [0.25, 0.3) is 0 Å². The molecule has 0 aromatic rings. The predicted molar refractivity (Wildman–Crippen MR) is 193 cm³/mol. The van der Waals surface area contributed by atoms with Crippen LogP contribution in [-0.4, -0.2) is 31.3 Å². The molecule has 0 spiro atoms. The number of carbonyl (C=O) groups excluding carboxylic acids is 2. The summed E-state index contributed by atoms with van der Waals surface area (Å²) in [5.74, 6) is -1.01. The lowest BCUT2D eigenvalue weighted by molar-refractivity contribution is -0.343. The van der Waals surface area contributed by atoms with Crippen molar-refractivity contribution in [3.8, 4) is 0 Å². The molecular formula is C39H67O8P-2. The summed E-state index contributed by atoms with van der Waals surface area (Å²) >= 11 is 0. The first-order valence-corrected chi connectivity index (χ1v) is 20.4. The number of phosphoric acid groups is 1. The Bertz CT molecular complexity index is 921. The van der Waals surface area contributed by atoms with Gasteiger partial charge < -0.3 is 28.3 Å². The van der Waals surface area contributed by atoms with E-state index in [0.29, 0.717) is 12.8 Å². The number of hydrogen-bond donors (Lipinski definition) is 0. The van der Waals surface area contributed by atoms with E-state index in [1.807, 2.05) is 0 Å². The van der Waals surface area contributed by atoms with Crippen molar-refractivity contribution in [1.82, 2.24) is 0 Å². The summed E-state index contributed by atoms with van der Waals surface area (Å²) in [6.45, 7) is 3.41. The lowest BCUT2D eigenvalue weighted by Crippen LogP contribution is -2.31. The Hall–Kier alpha value is -1.99. The van der Waals surface area contributed by atoms with E-state index in [9.17, 15) is 23.9 Å². The van der Waals surface area contributed by atoms with Crippen LogP contribution in [0.1, 0.15) is 168 Å². The first-order valence-electron chi connectivity index (χ1n) is 18.9. The molecule has 0 aliphatic heterocycles. The summed E-state index contributed by atoms with van der Waals surface area (Å²) < 4.78 is 25.7. The number of ether oxygens (including phenoxy) is 2. The maximum Gasteiger partial charge on any atom is 0.306 e. The maximum absolute atomic E-state index is 12.3. The van der Waals surface area contributed by atoms with Crippen molar-refractivity contribution in [3.05, 3.63) is 48.6 Å². The SMILES string of the molecule is CCCCC/C=C\C/C=C\C/C=C\CCCCC(=O)OC[C@H](COP(=O)([O-])[O-])OC(=O)CCCCCCC/C=C\CCCCCCCC. The average molecular weight is 695 g/mol. The summed E-state index contributed by atoms with van der Waals surface area (Å²) in [7, 11) is -5.26. The molecule has 0 saturated heterocycles. The van der Waals surface area contributed by atoms with E-state index in [4.69, 9.17) is 9.47 Å². The Morgan fingerprint density at radius 3 is 1.50 bits per heavy atom. The molecule has 9 heteroatoms. The summed E-state index contributed by atoms with van der Waals surface area (Å²) in [6, 6.07) is 0. The molecule has 0 aromatic carbocycles. The fourth-order valence-electron chi connectivity index (χ4n) is 4.95. The van der Waals surface area contributed by atoms with Crippen LogP contribution in [0.5, 0.6) is 0 Å². The van der Waals surface area contributed by atoms with Gasteiger partial charge in [-0.2, -0.15) is 0 Å². The fourth-order valence-corrected chi connectivity index (χ4v) is 5.30. The summed E-state index contributed by atoms with van der Waals surface area (Å²) in [5.41, 5.74) is 0. The first kappa shape index (κ1) is 46.0. The monoisotopic (exact) mass is 694 g/mol. The third kappa shape index (κ3) is 36.8. The van der Waals surface area contributed by atoms with Crippen molar-refractivity contribution in [3.63, 3.8) is 0 Å². The van der Waals surface area contributed by atoms with Crippen LogP contribution in [0.2, 0.25) is 0 Å². The summed E-state index contributed by atoms with van der Waals surface area (Å²) in [6.07, 6.45) is 40.7. The lowest BCUT2D eigenvalue weighted by atomic mass is 10.1. The Morgan fingerprint density at radius 1 is 0.542 bits per heavy atom. The van der Waals surface area contributed by atoms with Gasteiger partial charge >= 0.3 is 11.9 Å². The van der Waals surface area contributed by atoms with Crippen LogP contribution in [0.25, 0.3) is 0 Å². The van der Waals surface area contributed by atoms with Gasteiger partial charge in [-0.15, -0.1) is 0 Å². The van der Waals surface area contributed by atoms with Crippen molar-refractivity contribution in [2.45, 2.75) is 174 Å². The second kappa shape index (κ2) is 34.9. The van der Waals surface area contributed by atoms with Gasteiger partial charge in [-0.1, -0.05) is 127 Å². The van der Waals surface area contributed by atoms with Gasteiger partial charge in [0.2, 0.25) is 0 Å². The second-order valence-corrected chi connectivity index (χ2v) is 13.7. The zero-order valence-electron chi connectivity index (χ0n) is 30.3. The Morgan fingerprint density at radius 2 is 0.938 bits per heavy atom. The van der Waals surface area contributed by atoms with Gasteiger partial charge in [-0.3, -0.25) is 9.59 Å². The normalized spacial score (nSPS) is 13.0. The number of unbranched alkanes of at least 4 members (excludes halogenated alkanes) is 16. The van der Waals surface area contributed by atoms with Gasteiger partial charge in [0.1, 0.15) is 6.61 Å². The van der Waals surface area contributed by atoms with Crippen molar-refractivity contribution < 1.29 is 37.9 Å². The van der Waals surface area contributed by atoms with E-state index in [1.54, 1.807) is 0 Å². The molecule has 0 aromatic heterocycles. The number of esters is 2. The van der Waals surface area contributed by atoms with Crippen LogP contribution in [0.4, 0.5) is 0 Å². The minimum Gasteiger partial charge on any atom is -0.790 e. The second-order valence-electron chi connectivity index (χ2n) is 12.5. The third-order valence-corrected chi connectivity index (χ3v) is 8.28. The molecule has 0 aliphatic carbocycles. The Kier molecular flexibility index (Phi) is 33.4. The molecule has 0 radical (unpaired) electrons. The first-order chi connectivity index (χ1) is 23.3. The average Bonchev–Trinajstić information content (AvgIpc) is 3.05. The third-order valence-electron chi connectivity index (χ3n) is 7.81. The molecule has 0 heterocycles. The summed E-state index contributed by atoms with van der Waals surface area (Å²) in [5, 5.41) is 0. The highest BCUT2D eigenvalue weighted by atomic mass is 31.2. The van der Waals surface area contributed by atoms with Crippen LogP contribution in [0, 0.1) is 0 Å². The largest absolute Gasteiger partial charge is 0.790 e. The van der Waals surface area contributed by atoms with E-state index in [2.05, 4.69) is 67.0 Å². The Balaban J connectivity index is 4.06. The van der Waals surface area contributed by atoms with E-state index in [0.717, 1.165) is 70.6 Å². The fraction of sp³-hybridized carbons (Fsp3) is 0.744. The zero-order valence-corrected chi connectivity index (χ0v) is 31.2. The molecule has 0 saturated carbocycles. The molecule has 0 aliphatic rings. The van der Waals surface area contributed by atoms with Gasteiger partial charge in [0.15, 0.2) is 6.10 Å². The Labute approximate surface area is 293 Å². The van der Waals surface area contributed by atoms with Crippen LogP contribution in [0.3, 0.4) is 0 Å². The minimum absolute atomic E-state index is 0.161. The zero-order chi connectivity index (χ0) is 35.4. The highest BCUT2D eigenvalue weighted by Gasteiger charge is 2.18. The van der Waals surface area contributed by atoms with Gasteiger partial charge in [-0.05, 0) is 77.0 Å². The molecule has 1 atom stereocenters. The highest BCUT2D eigenvalue weighted by molar-refractivity contribution is 7.43. The van der Waals surface area contributed by atoms with Gasteiger partial charge in [0, 0.05) is 12.8 Å². The molecule has 0 fully saturated rings. The quantitative estimate of drug-likeness (QED) is 0.0282. The van der Waals surface area contributed by atoms with Crippen LogP contribution in [0.15, 0.2) is 48.6 Å². The van der Waals surface area contributed by atoms with Crippen molar-refractivity contribution in [1.29, 1.82) is 0 Å². The number of phosphoric ester groups is 1. The number of rotatable bonds is 34. The summed E-state index contributed by atoms with van der Waals surface area (Å²) in [4.78, 5) is 46.4. The molecule has 0 unspecified atom stereocenters. The number of allylic oxidation sites excluding steroid dienone is 8. The van der Waals surface area contributed by atoms with Gasteiger partial charge in [0.05, 0.1) is 14.4 Å². The molecule has 8 nitrogen and oxygen atoms in total. The maximum atomic E-state index is 12.3. The van der Waals surface area contributed by atoms with Crippen LogP contribution >= 0.6 is 7.82 Å². The molecule has 278 valence electrons. The van der Waals surface area contributed by atoms with Crippen LogP contribution < -0.4 is 9.79 Å². The van der Waals surface area contributed by atoms with E-state index >= 15 is 0 Å². The standard InChI is InChI=1S/C39H69O8P/c1-3-5-7-9-11-13-15-17-19-21-23-25-27-29-31-33-38(40)45-35-37(36-46-48(42,43)44)47-39(41)34-32-30-28-26-24-22-20-18-16-14-12-10-8-6-4-2/h11,13,17-20,23,25,37H,3-10,12,14-16,21-22,24,26-36H2,1-2H3,(H2,42,43,44)/p-2/b13-11-,19-17-,20-18-,25-23-/t37-/m1/s1. The molecule has 0 amide bonds. The molecule has 0 bridgehead atoms. The molecular weight excluding hydrogens is 627 g/mol. The molecule has 48 heavy (non-hydrogen) atoms. The van der Waals surface area contributed by atoms with Crippen molar-refractivity contribution >= 4 is 19.8 Å². The van der Waals surface area contributed by atoms with E-state index < -0.39 is 32.5 Å². The topological polar surface area (TPSA) is 125 Å². The molecule has 0 N–H and O–H groups in total. The van der Waals surface area contributed by atoms with E-state index in [1.165, 1.54) is 57.8 Å². The molecule has 0 rings (SSSR count). The smallest absolute Gasteiger partial charge is 0.306 e. The van der Waals surface area contributed by atoms with Crippen LogP contribution in [-0.2, 0) is 28.2 Å². The minimum atomic E-state index is -5.26. The van der Waals surface area contributed by atoms with Crippen molar-refractivity contribution in [2.75, 3.05) is 13.2 Å². The number of carbonyl (C=O) groups is 2.